The van der Waals surface area contributed by atoms with Gasteiger partial charge in [-0.05, 0) is 31.5 Å². The molecule has 4 bridgehead atoms. The molecule has 0 atom stereocenters. The smallest absolute Gasteiger partial charge is 0.269 e. The monoisotopic (exact) mass is 342 g/mol. The summed E-state index contributed by atoms with van der Waals surface area (Å²) >= 11 is 0. The summed E-state index contributed by atoms with van der Waals surface area (Å²) in [4.78, 5) is 17.9. The first kappa shape index (κ1) is 16.3. The van der Waals surface area contributed by atoms with Gasteiger partial charge in [0.15, 0.2) is 0 Å². The summed E-state index contributed by atoms with van der Waals surface area (Å²) < 4.78 is 0. The van der Waals surface area contributed by atoms with Crippen molar-refractivity contribution in [3.8, 4) is 0 Å². The average molecular weight is 342 g/mol. The van der Waals surface area contributed by atoms with E-state index in [2.05, 4.69) is 24.9 Å². The Kier molecular flexibility index (Phi) is 3.90. The first-order valence-electron chi connectivity index (χ1n) is 8.46. The van der Waals surface area contributed by atoms with Gasteiger partial charge in [0.05, 0.1) is 36.1 Å². The van der Waals surface area contributed by atoms with Gasteiger partial charge < -0.3 is 0 Å². The lowest BCUT2D eigenvalue weighted by atomic mass is 9.74. The normalized spacial score (nSPS) is 33.4. The standard InChI is InChI=1S/C17H22N6O2/c1-13(2)18-19-16(14-3-5-15(6-4-14)23(24)25)17-7-20-10-21(8-17)12-22(9-17)11-20/h3-6H,7-12H2,1-2H3/b19-16+. The predicted molar refractivity (Wildman–Crippen MR) is 95.6 cm³/mol. The molecule has 0 aliphatic carbocycles. The van der Waals surface area contributed by atoms with Crippen LogP contribution in [0.15, 0.2) is 34.5 Å². The lowest BCUT2D eigenvalue weighted by molar-refractivity contribution is -0.384. The summed E-state index contributed by atoms with van der Waals surface area (Å²) in [5.41, 5.74) is 2.73. The molecule has 0 unspecified atom stereocenters. The van der Waals surface area contributed by atoms with Crippen molar-refractivity contribution in [1.29, 1.82) is 0 Å². The Morgan fingerprint density at radius 3 is 1.96 bits per heavy atom. The van der Waals surface area contributed by atoms with Crippen molar-refractivity contribution < 1.29 is 4.92 Å². The van der Waals surface area contributed by atoms with Crippen LogP contribution >= 0.6 is 0 Å². The van der Waals surface area contributed by atoms with Gasteiger partial charge in [-0.25, -0.2) is 0 Å². The van der Waals surface area contributed by atoms with Crippen molar-refractivity contribution >= 4 is 17.1 Å². The molecule has 1 aromatic rings. The minimum Gasteiger partial charge on any atom is -0.276 e. The second-order valence-corrected chi connectivity index (χ2v) is 7.49. The maximum atomic E-state index is 11.0. The lowest BCUT2D eigenvalue weighted by Crippen LogP contribution is -2.74. The van der Waals surface area contributed by atoms with Crippen LogP contribution in [0.1, 0.15) is 19.4 Å². The lowest BCUT2D eigenvalue weighted by Gasteiger charge is -2.60. The molecule has 132 valence electrons. The van der Waals surface area contributed by atoms with Crippen LogP contribution < -0.4 is 0 Å². The van der Waals surface area contributed by atoms with Crippen LogP contribution in [0.25, 0.3) is 0 Å². The van der Waals surface area contributed by atoms with E-state index >= 15 is 0 Å². The number of hydrogen-bond donors (Lipinski definition) is 0. The summed E-state index contributed by atoms with van der Waals surface area (Å²) in [6.07, 6.45) is 0. The maximum absolute atomic E-state index is 11.0. The van der Waals surface area contributed by atoms with E-state index in [0.29, 0.717) is 0 Å². The van der Waals surface area contributed by atoms with Crippen molar-refractivity contribution in [2.24, 2.45) is 15.6 Å². The second-order valence-electron chi connectivity index (χ2n) is 7.49. The van der Waals surface area contributed by atoms with Gasteiger partial charge in [0.25, 0.3) is 5.69 Å². The summed E-state index contributed by atoms with van der Waals surface area (Å²) in [6.45, 7) is 9.71. The van der Waals surface area contributed by atoms with Crippen LogP contribution in [0.3, 0.4) is 0 Å². The predicted octanol–water partition coefficient (Wildman–Crippen LogP) is 1.59. The minimum atomic E-state index is -0.372. The fraction of sp³-hybridized carbons (Fsp3) is 0.529. The molecule has 0 spiro atoms. The highest BCUT2D eigenvalue weighted by molar-refractivity contribution is 6.06. The third-order valence-electron chi connectivity index (χ3n) is 4.98. The molecule has 4 fully saturated rings. The first-order chi connectivity index (χ1) is 11.9. The van der Waals surface area contributed by atoms with Crippen molar-refractivity contribution in [2.45, 2.75) is 13.8 Å². The molecule has 4 saturated heterocycles. The summed E-state index contributed by atoms with van der Waals surface area (Å²) in [5.74, 6) is 0. The van der Waals surface area contributed by atoms with E-state index in [0.717, 1.165) is 56.6 Å². The van der Waals surface area contributed by atoms with E-state index < -0.39 is 0 Å². The van der Waals surface area contributed by atoms with E-state index in [4.69, 9.17) is 0 Å². The Hall–Kier alpha value is -2.16. The molecular weight excluding hydrogens is 320 g/mol. The van der Waals surface area contributed by atoms with Gasteiger partial charge in [-0.3, -0.25) is 24.8 Å². The van der Waals surface area contributed by atoms with Gasteiger partial charge in [0, 0.05) is 37.5 Å². The zero-order chi connectivity index (χ0) is 17.6. The summed E-state index contributed by atoms with van der Waals surface area (Å²) in [6, 6.07) is 6.70. The average Bonchev–Trinajstić information content (AvgIpc) is 2.53. The van der Waals surface area contributed by atoms with Crippen LogP contribution in [0.2, 0.25) is 0 Å². The molecular formula is C17H22N6O2. The molecule has 0 radical (unpaired) electrons. The molecule has 4 aliphatic rings. The molecule has 4 aliphatic heterocycles. The van der Waals surface area contributed by atoms with Crippen LogP contribution in [0.5, 0.6) is 0 Å². The molecule has 0 amide bonds. The minimum absolute atomic E-state index is 0.0973. The summed E-state index contributed by atoms with van der Waals surface area (Å²) in [5, 5.41) is 19.9. The fourth-order valence-corrected chi connectivity index (χ4v) is 4.30. The molecule has 0 aromatic heterocycles. The van der Waals surface area contributed by atoms with Gasteiger partial charge in [-0.1, -0.05) is 0 Å². The second kappa shape index (κ2) is 5.98. The van der Waals surface area contributed by atoms with Gasteiger partial charge in [0.1, 0.15) is 0 Å². The van der Waals surface area contributed by atoms with Crippen LogP contribution in [-0.4, -0.2) is 70.7 Å². The van der Waals surface area contributed by atoms with Crippen molar-refractivity contribution in [3.05, 3.63) is 39.9 Å². The highest BCUT2D eigenvalue weighted by Gasteiger charge is 2.51. The Morgan fingerprint density at radius 1 is 1.00 bits per heavy atom. The van der Waals surface area contributed by atoms with E-state index in [9.17, 15) is 10.1 Å². The third kappa shape index (κ3) is 2.97. The molecule has 0 saturated carbocycles. The number of nitro benzene ring substituents is 1. The fourth-order valence-electron chi connectivity index (χ4n) is 4.30. The Labute approximate surface area is 146 Å². The Balaban J connectivity index is 1.75. The van der Waals surface area contributed by atoms with Crippen LogP contribution in [0, 0.1) is 15.5 Å². The number of non-ortho nitro benzene ring substituents is 1. The first-order valence-corrected chi connectivity index (χ1v) is 8.46. The number of nitrogens with zero attached hydrogens (tertiary/aromatic N) is 6. The van der Waals surface area contributed by atoms with Gasteiger partial charge in [-0.2, -0.15) is 10.2 Å². The molecule has 25 heavy (non-hydrogen) atoms. The highest BCUT2D eigenvalue weighted by atomic mass is 16.6. The van der Waals surface area contributed by atoms with E-state index in [1.807, 2.05) is 13.8 Å². The van der Waals surface area contributed by atoms with Crippen molar-refractivity contribution in [1.82, 2.24) is 14.7 Å². The molecule has 8 nitrogen and oxygen atoms in total. The zero-order valence-electron chi connectivity index (χ0n) is 14.6. The number of benzene rings is 1. The van der Waals surface area contributed by atoms with Crippen molar-refractivity contribution in [2.75, 3.05) is 39.6 Å². The number of rotatable bonds is 4. The summed E-state index contributed by atoms with van der Waals surface area (Å²) in [7, 11) is 0. The number of nitro groups is 1. The van der Waals surface area contributed by atoms with Gasteiger partial charge in [-0.15, -0.1) is 0 Å². The SMILES string of the molecule is CC(C)=N/N=C(\c1ccc([N+](=O)[O-])cc1)C12CN3CN(CN(C3)C1)C2. The highest BCUT2D eigenvalue weighted by Crippen LogP contribution is 2.38. The molecule has 4 heterocycles. The quantitative estimate of drug-likeness (QED) is 0.472. The Bertz CT molecular complexity index is 716. The molecule has 1 aromatic carbocycles. The molecule has 5 rings (SSSR count). The van der Waals surface area contributed by atoms with Crippen molar-refractivity contribution in [3.63, 3.8) is 0 Å². The maximum Gasteiger partial charge on any atom is 0.269 e. The van der Waals surface area contributed by atoms with E-state index in [-0.39, 0.29) is 16.0 Å². The third-order valence-corrected chi connectivity index (χ3v) is 4.98. The van der Waals surface area contributed by atoms with Crippen LogP contribution in [0.4, 0.5) is 5.69 Å². The Morgan fingerprint density at radius 2 is 1.52 bits per heavy atom. The molecule has 0 N–H and O–H groups in total. The largest absolute Gasteiger partial charge is 0.276 e. The van der Waals surface area contributed by atoms with E-state index in [1.165, 1.54) is 0 Å². The number of hydrogen-bond acceptors (Lipinski definition) is 7. The van der Waals surface area contributed by atoms with Crippen LogP contribution in [-0.2, 0) is 0 Å². The van der Waals surface area contributed by atoms with Gasteiger partial charge >= 0.3 is 0 Å². The van der Waals surface area contributed by atoms with E-state index in [1.54, 1.807) is 24.3 Å². The zero-order valence-corrected chi connectivity index (χ0v) is 14.6. The van der Waals surface area contributed by atoms with Gasteiger partial charge in [0.2, 0.25) is 0 Å². The topological polar surface area (TPSA) is 77.6 Å². The molecule has 8 heteroatoms.